The quantitative estimate of drug-likeness (QED) is 0.549. The van der Waals surface area contributed by atoms with E-state index in [4.69, 9.17) is 4.74 Å². The van der Waals surface area contributed by atoms with Gasteiger partial charge in [0.25, 0.3) is 5.91 Å². The Morgan fingerprint density at radius 2 is 2.03 bits per heavy atom. The van der Waals surface area contributed by atoms with Crippen LogP contribution in [0.1, 0.15) is 34.8 Å². The summed E-state index contributed by atoms with van der Waals surface area (Å²) in [6.45, 7) is 1.87. The first-order chi connectivity index (χ1) is 14.8. The first-order valence-electron chi connectivity index (χ1n) is 9.91. The summed E-state index contributed by atoms with van der Waals surface area (Å²) in [7, 11) is 0. The molecule has 1 aromatic carbocycles. The number of amides is 1. The third-order valence-electron chi connectivity index (χ3n) is 5.36. The average molecular weight is 403 g/mol. The number of para-hydroxylation sites is 1. The average Bonchev–Trinajstić information content (AvgIpc) is 3.48. The highest BCUT2D eigenvalue weighted by Gasteiger charge is 2.19. The molecule has 0 unspecified atom stereocenters. The molecule has 0 radical (unpaired) electrons. The number of carbonyl (C=O) groups excluding carboxylic acids is 1. The number of aromatic nitrogens is 6. The van der Waals surface area contributed by atoms with E-state index in [0.717, 1.165) is 48.5 Å². The van der Waals surface area contributed by atoms with Gasteiger partial charge in [-0.25, -0.2) is 19.6 Å². The second kappa shape index (κ2) is 8.03. The molecule has 1 aliphatic heterocycles. The molecule has 152 valence electrons. The number of benzene rings is 1. The standard InChI is InChI=1S/C21H21N7O2/c29-21(24-10-15-3-1-2-4-19(15)28-13-22-12-26-28)16-9-18-20(23-11-16)27(14-25-18)17-5-7-30-8-6-17/h1-4,9,11-14,17H,5-8,10H2,(H,24,29). The third-order valence-corrected chi connectivity index (χ3v) is 5.36. The fourth-order valence-electron chi connectivity index (χ4n) is 3.77. The zero-order valence-corrected chi connectivity index (χ0v) is 16.3. The maximum absolute atomic E-state index is 12.7. The number of fused-ring (bicyclic) bond motifs is 1. The summed E-state index contributed by atoms with van der Waals surface area (Å²) in [5, 5.41) is 7.13. The lowest BCUT2D eigenvalue weighted by molar-refractivity contribution is 0.0704. The lowest BCUT2D eigenvalue weighted by Gasteiger charge is -2.23. The molecule has 4 aromatic rings. The molecule has 1 saturated heterocycles. The van der Waals surface area contributed by atoms with E-state index in [-0.39, 0.29) is 5.91 Å². The summed E-state index contributed by atoms with van der Waals surface area (Å²) in [4.78, 5) is 25.7. The van der Waals surface area contributed by atoms with Crippen LogP contribution in [0.15, 0.2) is 55.5 Å². The molecular formula is C21H21N7O2. The van der Waals surface area contributed by atoms with Crippen molar-refractivity contribution in [1.29, 1.82) is 0 Å². The van der Waals surface area contributed by atoms with Gasteiger partial charge >= 0.3 is 0 Å². The Morgan fingerprint density at radius 1 is 1.17 bits per heavy atom. The molecule has 9 nitrogen and oxygen atoms in total. The van der Waals surface area contributed by atoms with Gasteiger partial charge in [0.05, 0.1) is 17.6 Å². The zero-order valence-electron chi connectivity index (χ0n) is 16.3. The maximum Gasteiger partial charge on any atom is 0.253 e. The zero-order chi connectivity index (χ0) is 20.3. The molecule has 0 bridgehead atoms. The Labute approximate surface area is 172 Å². The Kier molecular flexibility index (Phi) is 4.94. The van der Waals surface area contributed by atoms with Gasteiger partial charge in [-0.1, -0.05) is 18.2 Å². The molecule has 1 amide bonds. The van der Waals surface area contributed by atoms with Gasteiger partial charge in [-0.15, -0.1) is 0 Å². The lowest BCUT2D eigenvalue weighted by Crippen LogP contribution is -2.24. The second-order valence-electron chi connectivity index (χ2n) is 7.21. The van der Waals surface area contributed by atoms with Crippen molar-refractivity contribution in [2.75, 3.05) is 13.2 Å². The predicted molar refractivity (Wildman–Crippen MR) is 109 cm³/mol. The van der Waals surface area contributed by atoms with Crippen molar-refractivity contribution in [3.63, 3.8) is 0 Å². The number of nitrogens with one attached hydrogen (secondary N) is 1. The van der Waals surface area contributed by atoms with Gasteiger partial charge in [-0.3, -0.25) is 4.79 Å². The smallest absolute Gasteiger partial charge is 0.253 e. The van der Waals surface area contributed by atoms with Crippen molar-refractivity contribution < 1.29 is 9.53 Å². The predicted octanol–water partition coefficient (Wildman–Crippen LogP) is 2.29. The number of carbonyl (C=O) groups is 1. The van der Waals surface area contributed by atoms with Gasteiger partial charge in [0.1, 0.15) is 18.2 Å². The van der Waals surface area contributed by atoms with Crippen LogP contribution in [-0.2, 0) is 11.3 Å². The minimum absolute atomic E-state index is 0.196. The third kappa shape index (κ3) is 3.55. The molecule has 1 aliphatic rings. The van der Waals surface area contributed by atoms with E-state index >= 15 is 0 Å². The van der Waals surface area contributed by atoms with E-state index in [9.17, 15) is 4.79 Å². The van der Waals surface area contributed by atoms with Crippen LogP contribution < -0.4 is 5.32 Å². The van der Waals surface area contributed by atoms with E-state index in [1.54, 1.807) is 23.3 Å². The second-order valence-corrected chi connectivity index (χ2v) is 7.21. The van der Waals surface area contributed by atoms with Crippen molar-refractivity contribution in [2.24, 2.45) is 0 Å². The summed E-state index contributed by atoms with van der Waals surface area (Å²) in [5.74, 6) is -0.196. The summed E-state index contributed by atoms with van der Waals surface area (Å²) >= 11 is 0. The molecular weight excluding hydrogens is 382 g/mol. The summed E-state index contributed by atoms with van der Waals surface area (Å²) in [6.07, 6.45) is 8.42. The minimum Gasteiger partial charge on any atom is -0.381 e. The summed E-state index contributed by atoms with van der Waals surface area (Å²) in [5.41, 5.74) is 3.82. The number of ether oxygens (including phenoxy) is 1. The van der Waals surface area contributed by atoms with Crippen molar-refractivity contribution in [1.82, 2.24) is 34.6 Å². The highest BCUT2D eigenvalue weighted by Crippen LogP contribution is 2.24. The van der Waals surface area contributed by atoms with Gasteiger partial charge in [-0.05, 0) is 30.5 Å². The fraction of sp³-hybridized carbons (Fsp3) is 0.286. The largest absolute Gasteiger partial charge is 0.381 e. The van der Waals surface area contributed by atoms with Crippen LogP contribution in [0, 0.1) is 0 Å². The molecule has 30 heavy (non-hydrogen) atoms. The molecule has 0 aliphatic carbocycles. The van der Waals surface area contributed by atoms with Crippen LogP contribution >= 0.6 is 0 Å². The topological polar surface area (TPSA) is 99.8 Å². The normalized spacial score (nSPS) is 14.8. The van der Waals surface area contributed by atoms with Crippen LogP contribution in [-0.4, -0.2) is 48.4 Å². The van der Waals surface area contributed by atoms with Gasteiger partial charge < -0.3 is 14.6 Å². The van der Waals surface area contributed by atoms with Crippen LogP contribution in [0.2, 0.25) is 0 Å². The number of rotatable bonds is 5. The van der Waals surface area contributed by atoms with Gasteiger partial charge in [0.2, 0.25) is 0 Å². The molecule has 0 saturated carbocycles. The van der Waals surface area contributed by atoms with Crippen LogP contribution in [0.3, 0.4) is 0 Å². The first kappa shape index (κ1) is 18.4. The SMILES string of the molecule is O=C(NCc1ccccc1-n1cncn1)c1cnc2c(c1)ncn2C1CCOCC1. The number of hydrogen-bond acceptors (Lipinski definition) is 6. The van der Waals surface area contributed by atoms with Crippen molar-refractivity contribution in [3.05, 3.63) is 66.6 Å². The van der Waals surface area contributed by atoms with Crippen molar-refractivity contribution >= 4 is 17.1 Å². The van der Waals surface area contributed by atoms with Crippen molar-refractivity contribution in [2.45, 2.75) is 25.4 Å². The Hall–Kier alpha value is -3.59. The van der Waals surface area contributed by atoms with Crippen LogP contribution in [0.5, 0.6) is 0 Å². The molecule has 5 rings (SSSR count). The lowest BCUT2D eigenvalue weighted by atomic mass is 10.1. The number of pyridine rings is 1. The summed E-state index contributed by atoms with van der Waals surface area (Å²) in [6, 6.07) is 9.87. The molecule has 4 heterocycles. The Morgan fingerprint density at radius 3 is 2.87 bits per heavy atom. The molecule has 1 fully saturated rings. The molecule has 9 heteroatoms. The molecule has 1 N–H and O–H groups in total. The van der Waals surface area contributed by atoms with E-state index in [1.165, 1.54) is 6.33 Å². The fourth-order valence-corrected chi connectivity index (χ4v) is 3.77. The van der Waals surface area contributed by atoms with E-state index in [0.29, 0.717) is 18.2 Å². The maximum atomic E-state index is 12.7. The summed E-state index contributed by atoms with van der Waals surface area (Å²) < 4.78 is 9.21. The molecule has 0 atom stereocenters. The van der Waals surface area contributed by atoms with Gasteiger partial charge in [0.15, 0.2) is 5.65 Å². The van der Waals surface area contributed by atoms with Crippen LogP contribution in [0.25, 0.3) is 16.9 Å². The highest BCUT2D eigenvalue weighted by atomic mass is 16.5. The Bertz CT molecular complexity index is 1160. The number of nitrogens with zero attached hydrogens (tertiary/aromatic N) is 6. The van der Waals surface area contributed by atoms with Crippen LogP contribution in [0.4, 0.5) is 0 Å². The van der Waals surface area contributed by atoms with Gasteiger partial charge in [-0.2, -0.15) is 5.10 Å². The Balaban J connectivity index is 1.32. The molecule has 0 spiro atoms. The highest BCUT2D eigenvalue weighted by molar-refractivity contribution is 5.96. The van der Waals surface area contributed by atoms with E-state index in [2.05, 4.69) is 29.9 Å². The molecule has 3 aromatic heterocycles. The van der Waals surface area contributed by atoms with E-state index in [1.807, 2.05) is 30.6 Å². The van der Waals surface area contributed by atoms with Crippen molar-refractivity contribution in [3.8, 4) is 5.69 Å². The monoisotopic (exact) mass is 403 g/mol. The number of hydrogen-bond donors (Lipinski definition) is 1. The number of imidazole rings is 1. The first-order valence-corrected chi connectivity index (χ1v) is 9.91. The minimum atomic E-state index is -0.196. The van der Waals surface area contributed by atoms with E-state index < -0.39 is 0 Å². The van der Waals surface area contributed by atoms with Gasteiger partial charge in [0, 0.05) is 32.0 Å².